The number of hydrogen-bond donors (Lipinski definition) is 2. The van der Waals surface area contributed by atoms with E-state index in [1.165, 1.54) is 0 Å². The summed E-state index contributed by atoms with van der Waals surface area (Å²) < 4.78 is 0. The van der Waals surface area contributed by atoms with Gasteiger partial charge in [-0.15, -0.1) is 0 Å². The van der Waals surface area contributed by atoms with Crippen LogP contribution in [0.5, 0.6) is 0 Å². The van der Waals surface area contributed by atoms with Crippen LogP contribution in [0.25, 0.3) is 0 Å². The van der Waals surface area contributed by atoms with Gasteiger partial charge in [0.15, 0.2) is 0 Å². The average Bonchev–Trinajstić information content (AvgIpc) is 3.06. The maximum Gasteiger partial charge on any atom is 0.276 e. The van der Waals surface area contributed by atoms with E-state index in [0.717, 1.165) is 11.4 Å². The Kier molecular flexibility index (Phi) is 3.88. The lowest BCUT2D eigenvalue weighted by molar-refractivity contribution is -0.113. The third-order valence-electron chi connectivity index (χ3n) is 4.86. The van der Waals surface area contributed by atoms with E-state index in [2.05, 4.69) is 0 Å². The topological polar surface area (TPSA) is 88.3 Å². The van der Waals surface area contributed by atoms with Gasteiger partial charge < -0.3 is 9.80 Å². The van der Waals surface area contributed by atoms with Gasteiger partial charge >= 0.3 is 0 Å². The summed E-state index contributed by atoms with van der Waals surface area (Å²) in [4.78, 5) is 27.8. The zero-order valence-corrected chi connectivity index (χ0v) is 14.2. The number of hydrogen-bond acceptors (Lipinski definition) is 4. The lowest BCUT2D eigenvalue weighted by atomic mass is 10.1. The third-order valence-corrected chi connectivity index (χ3v) is 4.86. The highest BCUT2D eigenvalue weighted by molar-refractivity contribution is 6.53. The van der Waals surface area contributed by atoms with Crippen LogP contribution in [-0.4, -0.2) is 36.3 Å². The Balaban J connectivity index is 1.40. The molecule has 130 valence electrons. The molecule has 2 aromatic rings. The van der Waals surface area contributed by atoms with Crippen LogP contribution >= 0.6 is 0 Å². The van der Waals surface area contributed by atoms with E-state index in [1.807, 2.05) is 36.4 Å². The lowest BCUT2D eigenvalue weighted by Crippen LogP contribution is -2.33. The van der Waals surface area contributed by atoms with E-state index >= 15 is 0 Å². The molecule has 2 aromatic carbocycles. The van der Waals surface area contributed by atoms with E-state index in [4.69, 9.17) is 10.8 Å². The molecule has 0 aromatic heterocycles. The molecular formula is C20H18N4O2. The molecule has 0 atom stereocenters. The number of amides is 2. The molecule has 0 radical (unpaired) electrons. The van der Waals surface area contributed by atoms with Gasteiger partial charge in [0.25, 0.3) is 11.8 Å². The van der Waals surface area contributed by atoms with E-state index in [1.54, 1.807) is 21.9 Å². The predicted octanol–water partition coefficient (Wildman–Crippen LogP) is 2.60. The van der Waals surface area contributed by atoms with Gasteiger partial charge in [0.05, 0.1) is 11.4 Å². The van der Waals surface area contributed by atoms with E-state index in [0.29, 0.717) is 37.1 Å². The fourth-order valence-corrected chi connectivity index (χ4v) is 3.54. The number of para-hydroxylation sites is 2. The van der Waals surface area contributed by atoms with Gasteiger partial charge in [0.1, 0.15) is 11.4 Å². The van der Waals surface area contributed by atoms with Crippen molar-refractivity contribution in [2.75, 3.05) is 22.9 Å². The first-order valence-electron chi connectivity index (χ1n) is 8.59. The molecule has 0 saturated carbocycles. The Hall–Kier alpha value is -3.28. The molecule has 4 rings (SSSR count). The van der Waals surface area contributed by atoms with Crippen molar-refractivity contribution in [3.8, 4) is 0 Å². The second kappa shape index (κ2) is 6.22. The van der Waals surface area contributed by atoms with Gasteiger partial charge in [-0.05, 0) is 25.0 Å². The highest BCUT2D eigenvalue weighted by Gasteiger charge is 2.33. The molecule has 0 saturated heterocycles. The number of carbonyl (C=O) groups is 2. The van der Waals surface area contributed by atoms with Gasteiger partial charge in [-0.2, -0.15) is 0 Å². The van der Waals surface area contributed by atoms with Crippen LogP contribution in [0.1, 0.15) is 24.0 Å². The standard InChI is InChI=1S/C20H18N4O2/c21-17-13-7-1-3-9-15(13)23(19(17)25)11-5-6-12-24-16-10-4-2-8-14(16)18(22)20(24)26/h1-4,7-10,21-22H,5-6,11-12H2. The van der Waals surface area contributed by atoms with Crippen molar-refractivity contribution >= 4 is 34.6 Å². The van der Waals surface area contributed by atoms with Crippen molar-refractivity contribution in [3.63, 3.8) is 0 Å². The maximum absolute atomic E-state index is 12.3. The van der Waals surface area contributed by atoms with Crippen molar-refractivity contribution in [1.82, 2.24) is 0 Å². The van der Waals surface area contributed by atoms with E-state index in [9.17, 15) is 9.59 Å². The smallest absolute Gasteiger partial charge is 0.276 e. The Morgan fingerprint density at radius 1 is 0.654 bits per heavy atom. The van der Waals surface area contributed by atoms with Gasteiger partial charge in [0, 0.05) is 24.2 Å². The molecule has 2 heterocycles. The molecule has 2 N–H and O–H groups in total. The second-order valence-electron chi connectivity index (χ2n) is 6.40. The fraction of sp³-hybridized carbons (Fsp3) is 0.200. The average molecular weight is 346 g/mol. The molecule has 2 aliphatic heterocycles. The summed E-state index contributed by atoms with van der Waals surface area (Å²) in [5.74, 6) is -0.536. The molecular weight excluding hydrogens is 328 g/mol. The van der Waals surface area contributed by atoms with Crippen molar-refractivity contribution in [3.05, 3.63) is 59.7 Å². The van der Waals surface area contributed by atoms with Gasteiger partial charge in [0.2, 0.25) is 0 Å². The molecule has 0 bridgehead atoms. The Bertz CT molecular complexity index is 873. The fourth-order valence-electron chi connectivity index (χ4n) is 3.54. The number of carbonyl (C=O) groups excluding carboxylic acids is 2. The van der Waals surface area contributed by atoms with Crippen molar-refractivity contribution in [1.29, 1.82) is 10.8 Å². The predicted molar refractivity (Wildman–Crippen MR) is 100 cm³/mol. The van der Waals surface area contributed by atoms with Gasteiger partial charge in [-0.3, -0.25) is 20.4 Å². The van der Waals surface area contributed by atoms with Crippen molar-refractivity contribution in [2.45, 2.75) is 12.8 Å². The summed E-state index contributed by atoms with van der Waals surface area (Å²) in [5.41, 5.74) is 3.00. The zero-order valence-electron chi connectivity index (χ0n) is 14.2. The summed E-state index contributed by atoms with van der Waals surface area (Å²) in [7, 11) is 0. The minimum absolute atomic E-state index is 0.0395. The Morgan fingerprint density at radius 3 is 1.46 bits per heavy atom. The first-order chi connectivity index (χ1) is 12.6. The number of nitrogens with zero attached hydrogens (tertiary/aromatic N) is 2. The Morgan fingerprint density at radius 2 is 1.04 bits per heavy atom. The quantitative estimate of drug-likeness (QED) is 0.815. The van der Waals surface area contributed by atoms with Crippen LogP contribution in [0.15, 0.2) is 48.5 Å². The van der Waals surface area contributed by atoms with Crippen molar-refractivity contribution in [2.24, 2.45) is 0 Å². The zero-order chi connectivity index (χ0) is 18.3. The molecule has 6 heteroatoms. The number of nitrogens with one attached hydrogen (secondary N) is 2. The van der Waals surface area contributed by atoms with Crippen LogP contribution in [0.3, 0.4) is 0 Å². The van der Waals surface area contributed by atoms with Crippen LogP contribution in [0.2, 0.25) is 0 Å². The molecule has 6 nitrogen and oxygen atoms in total. The first-order valence-corrected chi connectivity index (χ1v) is 8.59. The number of benzene rings is 2. The number of rotatable bonds is 5. The van der Waals surface area contributed by atoms with Crippen molar-refractivity contribution < 1.29 is 9.59 Å². The molecule has 0 aliphatic carbocycles. The summed E-state index contributed by atoms with van der Waals surface area (Å²) in [6, 6.07) is 14.7. The minimum Gasteiger partial charge on any atom is -0.306 e. The van der Waals surface area contributed by atoms with Crippen LogP contribution in [0.4, 0.5) is 11.4 Å². The van der Waals surface area contributed by atoms with E-state index in [-0.39, 0.29) is 23.2 Å². The maximum atomic E-state index is 12.3. The number of anilines is 2. The molecule has 2 aliphatic rings. The van der Waals surface area contributed by atoms with Crippen LogP contribution in [0, 0.1) is 10.8 Å². The van der Waals surface area contributed by atoms with Crippen LogP contribution < -0.4 is 9.80 Å². The number of fused-ring (bicyclic) bond motifs is 2. The summed E-state index contributed by atoms with van der Waals surface area (Å²) in [5, 5.41) is 15.9. The monoisotopic (exact) mass is 346 g/mol. The Labute approximate surface area is 151 Å². The van der Waals surface area contributed by atoms with Gasteiger partial charge in [-0.25, -0.2) is 0 Å². The highest BCUT2D eigenvalue weighted by Crippen LogP contribution is 2.30. The summed E-state index contributed by atoms with van der Waals surface area (Å²) in [6.07, 6.45) is 1.43. The first kappa shape index (κ1) is 16.2. The van der Waals surface area contributed by atoms with Crippen LogP contribution in [-0.2, 0) is 9.59 Å². The molecule has 0 spiro atoms. The SMILES string of the molecule is N=C1C(=O)N(CCCCN2C(=O)C(=N)c3ccccc32)c2ccccc21. The van der Waals surface area contributed by atoms with E-state index < -0.39 is 0 Å². The third kappa shape index (κ3) is 2.42. The highest BCUT2D eigenvalue weighted by atomic mass is 16.2. The summed E-state index contributed by atoms with van der Waals surface area (Å²) in [6.45, 7) is 1.03. The largest absolute Gasteiger partial charge is 0.306 e. The molecule has 0 fully saturated rings. The normalized spacial score (nSPS) is 15.7. The molecule has 2 amide bonds. The lowest BCUT2D eigenvalue weighted by Gasteiger charge is -2.19. The molecule has 0 unspecified atom stereocenters. The summed E-state index contributed by atoms with van der Waals surface area (Å²) >= 11 is 0. The number of unbranched alkanes of at least 4 members (excludes halogenated alkanes) is 1. The minimum atomic E-state index is -0.268. The second-order valence-corrected chi connectivity index (χ2v) is 6.40. The molecule has 26 heavy (non-hydrogen) atoms. The van der Waals surface area contributed by atoms with Gasteiger partial charge in [-0.1, -0.05) is 36.4 Å².